The summed E-state index contributed by atoms with van der Waals surface area (Å²) in [5.41, 5.74) is 0. The quantitative estimate of drug-likeness (QED) is 0.254. The molecule has 0 saturated heterocycles. The van der Waals surface area contributed by atoms with Crippen molar-refractivity contribution in [3.05, 3.63) is 0 Å². The Labute approximate surface area is 190 Å². The van der Waals surface area contributed by atoms with E-state index in [1.54, 1.807) is 0 Å². The first-order chi connectivity index (χ1) is 8.75. The van der Waals surface area contributed by atoms with Crippen molar-refractivity contribution < 1.29 is 0 Å². The van der Waals surface area contributed by atoms with Gasteiger partial charge in [0.2, 0.25) is 3.79 Å². The SMILES string of the molecule is ClC(Cl)(Cl)C1(Cl)C(Cl)(Cl)C(Cl)(Cl)C(Cl)(Cl)C(Cl)(Cl)C1(Cl)Cl. The smallest absolute Gasteiger partial charge is 0.108 e. The summed E-state index contributed by atoms with van der Waals surface area (Å²) in [4.78, 5) is -2.63. The lowest BCUT2D eigenvalue weighted by molar-refractivity contribution is 0.303. The molecule has 1 aliphatic carbocycles. The van der Waals surface area contributed by atoms with E-state index in [2.05, 4.69) is 0 Å². The zero-order valence-electron chi connectivity index (χ0n) is 8.79. The monoisotopic (exact) mass is 574 g/mol. The minimum Gasteiger partial charge on any atom is -0.108 e. The molecule has 126 valence electrons. The second-order valence-electron chi connectivity index (χ2n) is 4.03. The van der Waals surface area contributed by atoms with Crippen LogP contribution in [-0.2, 0) is 0 Å². The highest BCUT2D eigenvalue weighted by molar-refractivity contribution is 6.83. The molecule has 0 spiro atoms. The predicted molar refractivity (Wildman–Crippen MR) is 101 cm³/mol. The second-order valence-corrected chi connectivity index (χ2v) is 13.5. The average Bonchev–Trinajstić information content (AvgIpc) is 2.23. The van der Waals surface area contributed by atoms with E-state index in [1.165, 1.54) is 0 Å². The highest BCUT2D eigenvalue weighted by atomic mass is 35.6. The van der Waals surface area contributed by atoms with Crippen molar-refractivity contribution in [3.63, 3.8) is 0 Å². The topological polar surface area (TPSA) is 0 Å². The summed E-state index contributed by atoms with van der Waals surface area (Å²) >= 11 is 84.4. The molecule has 0 N–H and O–H groups in total. The minimum atomic E-state index is -2.63. The van der Waals surface area contributed by atoms with Gasteiger partial charge in [0.25, 0.3) is 0 Å². The van der Waals surface area contributed by atoms with Gasteiger partial charge in [-0.25, -0.2) is 0 Å². The molecule has 0 aromatic rings. The lowest BCUT2D eigenvalue weighted by Crippen LogP contribution is -2.83. The molecule has 0 bridgehead atoms. The highest BCUT2D eigenvalue weighted by Gasteiger charge is 2.91. The third kappa shape index (κ3) is 2.60. The third-order valence-electron chi connectivity index (χ3n) is 2.83. The van der Waals surface area contributed by atoms with Crippen LogP contribution in [0.25, 0.3) is 0 Å². The van der Waals surface area contributed by atoms with Crippen molar-refractivity contribution in [2.24, 2.45) is 0 Å². The molecule has 0 atom stereocenters. The Bertz CT molecular complexity index is 411. The van der Waals surface area contributed by atoms with Crippen LogP contribution in [0.3, 0.4) is 0 Å². The molecule has 0 radical (unpaired) electrons. The predicted octanol–water partition coefficient (Wildman–Crippen LogP) is 8.22. The first-order valence-corrected chi connectivity index (χ1v) is 9.69. The maximum atomic E-state index is 6.25. The van der Waals surface area contributed by atoms with Gasteiger partial charge in [0.1, 0.15) is 0 Å². The van der Waals surface area contributed by atoms with Gasteiger partial charge in [0.05, 0.1) is 0 Å². The van der Waals surface area contributed by atoms with Gasteiger partial charge in [0.15, 0.2) is 26.5 Å². The van der Waals surface area contributed by atoms with E-state index in [-0.39, 0.29) is 0 Å². The molecule has 0 aromatic carbocycles. The van der Waals surface area contributed by atoms with Crippen molar-refractivity contribution in [1.29, 1.82) is 0 Å². The van der Waals surface area contributed by atoms with Crippen LogP contribution in [0.1, 0.15) is 0 Å². The summed E-state index contributed by atoms with van der Waals surface area (Å²) in [6.45, 7) is 0. The molecule has 0 unspecified atom stereocenters. The zero-order valence-corrected chi connectivity index (χ0v) is 19.4. The number of rotatable bonds is 0. The maximum absolute atomic E-state index is 6.25. The minimum absolute atomic E-state index is 2.52. The molecule has 0 aromatic heterocycles. The van der Waals surface area contributed by atoms with Gasteiger partial charge in [-0.15, -0.1) is 11.6 Å². The molecule has 0 nitrogen and oxygen atoms in total. The first kappa shape index (κ1) is 23.1. The van der Waals surface area contributed by atoms with Crippen LogP contribution < -0.4 is 0 Å². The zero-order chi connectivity index (χ0) is 17.5. The van der Waals surface area contributed by atoms with Crippen molar-refractivity contribution in [2.75, 3.05) is 0 Å². The van der Waals surface area contributed by atoms with Crippen LogP contribution in [0, 0.1) is 0 Å². The lowest BCUT2D eigenvalue weighted by Gasteiger charge is -2.64. The van der Waals surface area contributed by atoms with Crippen molar-refractivity contribution in [3.8, 4) is 0 Å². The summed E-state index contributed by atoms with van der Waals surface area (Å²) < 4.78 is -15.4. The van der Waals surface area contributed by atoms with E-state index in [0.29, 0.717) is 0 Å². The lowest BCUT2D eigenvalue weighted by atomic mass is 9.84. The Kier molecular flexibility index (Phi) is 6.63. The molecule has 1 fully saturated rings. The van der Waals surface area contributed by atoms with Gasteiger partial charge in [-0.1, -0.05) is 151 Å². The van der Waals surface area contributed by atoms with Crippen molar-refractivity contribution in [1.82, 2.24) is 0 Å². The van der Waals surface area contributed by atoms with Crippen LogP contribution in [-0.4, -0.2) is 30.3 Å². The van der Waals surface area contributed by atoms with E-state index >= 15 is 0 Å². The van der Waals surface area contributed by atoms with Gasteiger partial charge in [-0.2, -0.15) is 0 Å². The highest BCUT2D eigenvalue weighted by Crippen LogP contribution is 2.80. The van der Waals surface area contributed by atoms with Crippen molar-refractivity contribution >= 4 is 162 Å². The van der Waals surface area contributed by atoms with Gasteiger partial charge in [-0.05, 0) is 0 Å². The van der Waals surface area contributed by atoms with Crippen LogP contribution in [0.4, 0.5) is 0 Å². The molecule has 1 aliphatic rings. The summed E-state index contributed by atoms with van der Waals surface area (Å²) in [7, 11) is 0. The Morgan fingerprint density at radius 2 is 0.571 bits per heavy atom. The van der Waals surface area contributed by atoms with E-state index in [1.807, 2.05) is 0 Å². The normalized spacial score (nSPS) is 31.7. The summed E-state index contributed by atoms with van der Waals surface area (Å²) in [5, 5.41) is 0. The molecule has 14 heteroatoms. The number of alkyl halides is 14. The second kappa shape index (κ2) is 6.03. The fourth-order valence-corrected chi connectivity index (χ4v) is 7.66. The molecule has 0 amide bonds. The molecule has 0 heterocycles. The Hall–Kier alpha value is 4.06. The van der Waals surface area contributed by atoms with Gasteiger partial charge >= 0.3 is 0 Å². The third-order valence-corrected chi connectivity index (χ3v) is 12.4. The molecular weight excluding hydrogens is 580 g/mol. The fraction of sp³-hybridized carbons (Fsp3) is 1.00. The van der Waals surface area contributed by atoms with Crippen LogP contribution >= 0.6 is 162 Å². The maximum Gasteiger partial charge on any atom is 0.215 e. The van der Waals surface area contributed by atoms with Crippen LogP contribution in [0.15, 0.2) is 0 Å². The molecular formula is C7Cl14. The number of hydrogen-bond donors (Lipinski definition) is 0. The molecule has 0 aliphatic heterocycles. The standard InChI is InChI=1S/C7Cl14/c8-1(7(19,20)21)2(9,10)4(13,14)6(17,18)5(15,16)3(1,11)12. The Morgan fingerprint density at radius 1 is 0.381 bits per heavy atom. The Balaban J connectivity index is 3.93. The van der Waals surface area contributed by atoms with Crippen LogP contribution in [0.5, 0.6) is 0 Å². The van der Waals surface area contributed by atoms with E-state index < -0.39 is 30.3 Å². The van der Waals surface area contributed by atoms with E-state index in [0.717, 1.165) is 0 Å². The largest absolute Gasteiger partial charge is 0.215 e. The summed E-state index contributed by atoms with van der Waals surface area (Å²) in [5.74, 6) is 0. The molecule has 21 heavy (non-hydrogen) atoms. The van der Waals surface area contributed by atoms with Crippen LogP contribution in [0.2, 0.25) is 0 Å². The average molecular weight is 580 g/mol. The van der Waals surface area contributed by atoms with Gasteiger partial charge in [-0.3, -0.25) is 0 Å². The fourth-order valence-electron chi connectivity index (χ4n) is 1.58. The van der Waals surface area contributed by atoms with E-state index in [4.69, 9.17) is 162 Å². The van der Waals surface area contributed by atoms with Crippen molar-refractivity contribution in [2.45, 2.75) is 30.3 Å². The van der Waals surface area contributed by atoms with Gasteiger partial charge in [0, 0.05) is 0 Å². The molecule has 1 rings (SSSR count). The Morgan fingerprint density at radius 3 is 0.762 bits per heavy atom. The summed E-state index contributed by atoms with van der Waals surface area (Å²) in [6, 6.07) is 0. The number of halogens is 14. The first-order valence-electron chi connectivity index (χ1n) is 4.40. The number of hydrogen-bond acceptors (Lipinski definition) is 0. The summed E-state index contributed by atoms with van der Waals surface area (Å²) in [6.07, 6.45) is 0. The molecule has 1 saturated carbocycles. The van der Waals surface area contributed by atoms with E-state index in [9.17, 15) is 0 Å². The van der Waals surface area contributed by atoms with Gasteiger partial charge < -0.3 is 0 Å².